The molecule has 6 nitrogen and oxygen atoms in total. The molecular weight excluding hydrogens is 296 g/mol. The Morgan fingerprint density at radius 1 is 1.23 bits per heavy atom. The lowest BCUT2D eigenvalue weighted by atomic mass is 10.2. The van der Waals surface area contributed by atoms with E-state index >= 15 is 0 Å². The van der Waals surface area contributed by atoms with Gasteiger partial charge < -0.3 is 5.32 Å². The molecule has 7 heteroatoms. The smallest absolute Gasteiger partial charge is 0.203 e. The van der Waals surface area contributed by atoms with Crippen LogP contribution in [0.15, 0.2) is 36.9 Å². The summed E-state index contributed by atoms with van der Waals surface area (Å²) in [6, 6.07) is 3.97. The number of rotatable bonds is 4. The van der Waals surface area contributed by atoms with E-state index in [1.807, 2.05) is 30.1 Å². The molecule has 1 aliphatic heterocycles. The largest absolute Gasteiger partial charge is 0.363 e. The molecule has 22 heavy (non-hydrogen) atoms. The molecule has 0 saturated carbocycles. The molecule has 3 aromatic rings. The van der Waals surface area contributed by atoms with Gasteiger partial charge in [-0.15, -0.1) is 10.2 Å². The van der Waals surface area contributed by atoms with Gasteiger partial charge in [-0.05, 0) is 36.3 Å². The van der Waals surface area contributed by atoms with Gasteiger partial charge in [0.25, 0.3) is 0 Å². The van der Waals surface area contributed by atoms with E-state index in [1.54, 1.807) is 18.6 Å². The van der Waals surface area contributed by atoms with Crippen LogP contribution in [0, 0.1) is 0 Å². The highest BCUT2D eigenvalue weighted by Crippen LogP contribution is 2.39. The zero-order chi connectivity index (χ0) is 14.8. The van der Waals surface area contributed by atoms with Crippen LogP contribution in [0.3, 0.4) is 0 Å². The molecule has 0 aliphatic carbocycles. The van der Waals surface area contributed by atoms with Crippen LogP contribution in [0.2, 0.25) is 0 Å². The average molecular weight is 312 g/mol. The first-order chi connectivity index (χ1) is 10.9. The topological polar surface area (TPSA) is 68.0 Å². The Balaban J connectivity index is 1.61. The van der Waals surface area contributed by atoms with Crippen molar-refractivity contribution in [2.24, 2.45) is 0 Å². The van der Waals surface area contributed by atoms with Crippen molar-refractivity contribution < 1.29 is 0 Å². The summed E-state index contributed by atoms with van der Waals surface area (Å²) in [5.74, 6) is 3.01. The number of hydrogen-bond donors (Lipinski definition) is 1. The van der Waals surface area contributed by atoms with E-state index in [4.69, 9.17) is 0 Å². The van der Waals surface area contributed by atoms with E-state index in [9.17, 15) is 0 Å². The number of aromatic nitrogens is 5. The minimum absolute atomic E-state index is 0.449. The van der Waals surface area contributed by atoms with Crippen molar-refractivity contribution in [3.63, 3.8) is 0 Å². The van der Waals surface area contributed by atoms with Crippen LogP contribution in [-0.2, 0) is 6.54 Å². The van der Waals surface area contributed by atoms with Gasteiger partial charge in [0, 0.05) is 31.3 Å². The van der Waals surface area contributed by atoms with E-state index in [0.29, 0.717) is 11.8 Å². The molecule has 112 valence electrons. The maximum absolute atomic E-state index is 4.41. The molecule has 1 saturated heterocycles. The molecule has 3 aromatic heterocycles. The van der Waals surface area contributed by atoms with Gasteiger partial charge in [-0.3, -0.25) is 9.38 Å². The van der Waals surface area contributed by atoms with Gasteiger partial charge in [-0.2, -0.15) is 11.8 Å². The molecule has 1 N–H and O–H groups in total. The number of thioether (sulfide) groups is 1. The van der Waals surface area contributed by atoms with Crippen LogP contribution in [0.4, 0.5) is 5.82 Å². The van der Waals surface area contributed by atoms with E-state index in [-0.39, 0.29) is 0 Å². The summed E-state index contributed by atoms with van der Waals surface area (Å²) in [6.45, 7) is 0.690. The molecule has 4 rings (SSSR count). The highest BCUT2D eigenvalue weighted by Gasteiger charge is 2.23. The monoisotopic (exact) mass is 312 g/mol. The molecule has 0 bridgehead atoms. The van der Waals surface area contributed by atoms with Crippen LogP contribution in [-0.4, -0.2) is 30.3 Å². The Kier molecular flexibility index (Phi) is 3.64. The quantitative estimate of drug-likeness (QED) is 0.799. The van der Waals surface area contributed by atoms with Crippen molar-refractivity contribution in [1.29, 1.82) is 0 Å². The lowest BCUT2D eigenvalue weighted by Gasteiger charge is -2.08. The Morgan fingerprint density at radius 3 is 2.95 bits per heavy atom. The SMILES string of the molecule is c1cc(CNc2nccn3c([C@@H]4CCCS4)nnc23)ccn1. The third kappa shape index (κ3) is 2.52. The summed E-state index contributed by atoms with van der Waals surface area (Å²) in [4.78, 5) is 8.43. The van der Waals surface area contributed by atoms with E-state index < -0.39 is 0 Å². The minimum atomic E-state index is 0.449. The molecule has 0 amide bonds. The molecular formula is C15H16N6S. The van der Waals surface area contributed by atoms with Crippen molar-refractivity contribution in [3.8, 4) is 0 Å². The lowest BCUT2D eigenvalue weighted by Crippen LogP contribution is -2.05. The van der Waals surface area contributed by atoms with Crippen LogP contribution in [0.25, 0.3) is 5.65 Å². The molecule has 4 heterocycles. The van der Waals surface area contributed by atoms with Gasteiger partial charge in [-0.1, -0.05) is 0 Å². The Hall–Kier alpha value is -2.15. The Labute approximate surface area is 132 Å². The third-order valence-electron chi connectivity index (χ3n) is 3.78. The van der Waals surface area contributed by atoms with E-state index in [1.165, 1.54) is 18.6 Å². The van der Waals surface area contributed by atoms with Crippen LogP contribution in [0.1, 0.15) is 29.5 Å². The maximum atomic E-state index is 4.41. The zero-order valence-electron chi connectivity index (χ0n) is 12.0. The van der Waals surface area contributed by atoms with Crippen LogP contribution in [0.5, 0.6) is 0 Å². The van der Waals surface area contributed by atoms with E-state index in [0.717, 1.165) is 22.9 Å². The fraction of sp³-hybridized carbons (Fsp3) is 0.333. The predicted molar refractivity (Wildman–Crippen MR) is 86.8 cm³/mol. The first-order valence-electron chi connectivity index (χ1n) is 7.36. The van der Waals surface area contributed by atoms with E-state index in [2.05, 4.69) is 29.9 Å². The lowest BCUT2D eigenvalue weighted by molar-refractivity contribution is 0.765. The Bertz CT molecular complexity index is 766. The highest BCUT2D eigenvalue weighted by molar-refractivity contribution is 7.99. The Morgan fingerprint density at radius 2 is 2.14 bits per heavy atom. The molecule has 0 spiro atoms. The molecule has 1 fully saturated rings. The number of nitrogens with zero attached hydrogens (tertiary/aromatic N) is 5. The molecule has 0 unspecified atom stereocenters. The van der Waals surface area contributed by atoms with Crippen molar-refractivity contribution in [1.82, 2.24) is 24.6 Å². The number of hydrogen-bond acceptors (Lipinski definition) is 6. The first-order valence-corrected chi connectivity index (χ1v) is 8.41. The van der Waals surface area contributed by atoms with Crippen molar-refractivity contribution in [3.05, 3.63) is 48.3 Å². The second-order valence-electron chi connectivity index (χ2n) is 5.24. The summed E-state index contributed by atoms with van der Waals surface area (Å²) in [5, 5.41) is 12.5. The standard InChI is InChI=1S/C15H16N6S/c1-2-12(22-9-1)14-19-20-15-13(17-7-8-21(14)15)18-10-11-3-5-16-6-4-11/h3-8,12H,1-2,9-10H2,(H,17,18)/t12-/m0/s1. The van der Waals surface area contributed by atoms with Gasteiger partial charge in [0.15, 0.2) is 11.6 Å². The first kappa shape index (κ1) is 13.5. The van der Waals surface area contributed by atoms with Gasteiger partial charge in [-0.25, -0.2) is 4.98 Å². The number of pyridine rings is 1. The van der Waals surface area contributed by atoms with Crippen LogP contribution >= 0.6 is 11.8 Å². The van der Waals surface area contributed by atoms with Gasteiger partial charge in [0.1, 0.15) is 0 Å². The molecule has 1 aliphatic rings. The average Bonchev–Trinajstić information content (AvgIpc) is 3.22. The maximum Gasteiger partial charge on any atom is 0.203 e. The van der Waals surface area contributed by atoms with Crippen molar-refractivity contribution in [2.75, 3.05) is 11.1 Å². The third-order valence-corrected chi connectivity index (χ3v) is 5.15. The summed E-state index contributed by atoms with van der Waals surface area (Å²) >= 11 is 1.96. The molecule has 1 atom stereocenters. The van der Waals surface area contributed by atoms with Crippen molar-refractivity contribution in [2.45, 2.75) is 24.6 Å². The second kappa shape index (κ2) is 5.92. The number of nitrogens with one attached hydrogen (secondary N) is 1. The predicted octanol–water partition coefficient (Wildman–Crippen LogP) is 2.70. The summed E-state index contributed by atoms with van der Waals surface area (Å²) in [6.07, 6.45) is 9.75. The number of anilines is 1. The van der Waals surface area contributed by atoms with Crippen molar-refractivity contribution >= 4 is 23.2 Å². The van der Waals surface area contributed by atoms with Gasteiger partial charge in [0.2, 0.25) is 5.65 Å². The zero-order valence-corrected chi connectivity index (χ0v) is 12.8. The van der Waals surface area contributed by atoms with Crippen LogP contribution < -0.4 is 5.32 Å². The normalized spacial score (nSPS) is 17.9. The number of fused-ring (bicyclic) bond motifs is 1. The molecule has 0 radical (unpaired) electrons. The second-order valence-corrected chi connectivity index (χ2v) is 6.55. The summed E-state index contributed by atoms with van der Waals surface area (Å²) in [7, 11) is 0. The minimum Gasteiger partial charge on any atom is -0.363 e. The highest BCUT2D eigenvalue weighted by atomic mass is 32.2. The summed E-state index contributed by atoms with van der Waals surface area (Å²) < 4.78 is 2.06. The van der Waals surface area contributed by atoms with Gasteiger partial charge >= 0.3 is 0 Å². The summed E-state index contributed by atoms with van der Waals surface area (Å²) in [5.41, 5.74) is 1.95. The fourth-order valence-electron chi connectivity index (χ4n) is 2.66. The van der Waals surface area contributed by atoms with Gasteiger partial charge in [0.05, 0.1) is 5.25 Å². The fourth-order valence-corrected chi connectivity index (χ4v) is 3.92. The molecule has 0 aromatic carbocycles.